The normalized spacial score (nSPS) is 26.5. The van der Waals surface area contributed by atoms with Gasteiger partial charge in [-0.3, -0.25) is 0 Å². The summed E-state index contributed by atoms with van der Waals surface area (Å²) in [5.41, 5.74) is 3.53. The Bertz CT molecular complexity index is 549. The molecule has 0 amide bonds. The summed E-state index contributed by atoms with van der Waals surface area (Å²) in [6.45, 7) is 2.95. The maximum atomic E-state index is 6.26. The van der Waals surface area contributed by atoms with Gasteiger partial charge in [-0.05, 0) is 24.5 Å². The lowest BCUT2D eigenvalue weighted by molar-refractivity contribution is 0.0408. The molecular formula is C17H17IO. The lowest BCUT2D eigenvalue weighted by Gasteiger charge is -2.33. The number of hydrogen-bond donors (Lipinski definition) is 0. The summed E-state index contributed by atoms with van der Waals surface area (Å²) in [5, 5.41) is 0. The second kappa shape index (κ2) is 5.25. The van der Waals surface area contributed by atoms with E-state index >= 15 is 0 Å². The largest absolute Gasteiger partial charge is 0.364 e. The van der Waals surface area contributed by atoms with E-state index in [9.17, 15) is 0 Å². The van der Waals surface area contributed by atoms with Crippen LogP contribution < -0.4 is 0 Å². The van der Waals surface area contributed by atoms with Gasteiger partial charge >= 0.3 is 0 Å². The molecule has 0 aliphatic carbocycles. The summed E-state index contributed by atoms with van der Waals surface area (Å²) in [4.78, 5) is 0. The van der Waals surface area contributed by atoms with E-state index in [0.717, 1.165) is 13.0 Å². The minimum atomic E-state index is -0.282. The molecule has 3 rings (SSSR count). The van der Waals surface area contributed by atoms with Crippen molar-refractivity contribution in [3.05, 3.63) is 71.3 Å². The van der Waals surface area contributed by atoms with Crippen LogP contribution in [0.2, 0.25) is 0 Å². The molecule has 1 fully saturated rings. The molecule has 0 bridgehead atoms. The van der Waals surface area contributed by atoms with E-state index in [1.807, 2.05) is 0 Å². The minimum Gasteiger partial charge on any atom is -0.364 e. The molecule has 2 heteroatoms. The van der Waals surface area contributed by atoms with Gasteiger partial charge in [0.2, 0.25) is 0 Å². The number of rotatable bonds is 2. The Morgan fingerprint density at radius 3 is 2.21 bits per heavy atom. The first kappa shape index (κ1) is 13.1. The van der Waals surface area contributed by atoms with Crippen LogP contribution in [0.1, 0.15) is 23.1 Å². The second-order valence-electron chi connectivity index (χ2n) is 5.07. The third-order valence-corrected chi connectivity index (χ3v) is 5.33. The Labute approximate surface area is 128 Å². The topological polar surface area (TPSA) is 9.23 Å². The fourth-order valence-electron chi connectivity index (χ4n) is 2.80. The zero-order chi connectivity index (χ0) is 13.3. The highest BCUT2D eigenvalue weighted by Crippen LogP contribution is 2.46. The molecule has 2 aromatic carbocycles. The average molecular weight is 364 g/mol. The minimum absolute atomic E-state index is 0.282. The van der Waals surface area contributed by atoms with Crippen LogP contribution in [0.3, 0.4) is 0 Å². The molecule has 1 heterocycles. The molecule has 0 aromatic heterocycles. The Balaban J connectivity index is 2.15. The third kappa shape index (κ3) is 2.21. The second-order valence-corrected chi connectivity index (χ2v) is 6.58. The van der Waals surface area contributed by atoms with E-state index in [1.54, 1.807) is 0 Å². The number of ether oxygens (including phenoxy) is 1. The molecular weight excluding hydrogens is 347 g/mol. The highest BCUT2D eigenvalue weighted by atomic mass is 127. The third-order valence-electron chi connectivity index (χ3n) is 3.83. The van der Waals surface area contributed by atoms with Crippen LogP contribution in [-0.4, -0.2) is 10.5 Å². The highest BCUT2D eigenvalue weighted by molar-refractivity contribution is 14.1. The van der Waals surface area contributed by atoms with Crippen molar-refractivity contribution in [3.8, 4) is 0 Å². The zero-order valence-corrected chi connectivity index (χ0v) is 13.1. The summed E-state index contributed by atoms with van der Waals surface area (Å²) in [6.07, 6.45) is 1.10. The molecule has 19 heavy (non-hydrogen) atoms. The Kier molecular flexibility index (Phi) is 3.63. The number of alkyl halides is 1. The number of benzene rings is 2. The van der Waals surface area contributed by atoms with Crippen molar-refractivity contribution in [2.24, 2.45) is 0 Å². The van der Waals surface area contributed by atoms with Crippen molar-refractivity contribution in [2.45, 2.75) is 22.9 Å². The Hall–Kier alpha value is -0.870. The van der Waals surface area contributed by atoms with Crippen LogP contribution in [0.5, 0.6) is 0 Å². The van der Waals surface area contributed by atoms with Crippen molar-refractivity contribution in [2.75, 3.05) is 6.61 Å². The number of aryl methyl sites for hydroxylation is 1. The van der Waals surface area contributed by atoms with Crippen LogP contribution in [0.4, 0.5) is 0 Å². The lowest BCUT2D eigenvalue weighted by atomic mass is 9.83. The van der Waals surface area contributed by atoms with Gasteiger partial charge in [-0.15, -0.1) is 0 Å². The van der Waals surface area contributed by atoms with Gasteiger partial charge in [0, 0.05) is 6.61 Å². The van der Waals surface area contributed by atoms with Crippen molar-refractivity contribution >= 4 is 22.6 Å². The fourth-order valence-corrected chi connectivity index (χ4v) is 3.95. The van der Waals surface area contributed by atoms with Gasteiger partial charge in [0.25, 0.3) is 0 Å². The van der Waals surface area contributed by atoms with Crippen LogP contribution in [0.15, 0.2) is 54.6 Å². The van der Waals surface area contributed by atoms with Gasteiger partial charge in [0.05, 0.1) is 3.92 Å². The van der Waals surface area contributed by atoms with Crippen molar-refractivity contribution in [3.63, 3.8) is 0 Å². The van der Waals surface area contributed by atoms with Crippen LogP contribution in [-0.2, 0) is 10.3 Å². The molecule has 0 spiro atoms. The van der Waals surface area contributed by atoms with Gasteiger partial charge in [-0.1, -0.05) is 82.8 Å². The number of halogens is 1. The molecule has 1 aliphatic rings. The van der Waals surface area contributed by atoms with Crippen LogP contribution >= 0.6 is 22.6 Å². The maximum absolute atomic E-state index is 6.26. The molecule has 1 aliphatic heterocycles. The Morgan fingerprint density at radius 1 is 1.00 bits per heavy atom. The molecule has 0 saturated carbocycles. The fraction of sp³-hybridized carbons (Fsp3) is 0.294. The standard InChI is InChI=1S/C17H17IO/c1-13-7-9-15(10-8-13)17(16(18)11-12-19-17)14-5-3-2-4-6-14/h2-10,16H,11-12H2,1H3/t16-,17-/m1/s1. The molecule has 1 nitrogen and oxygen atoms in total. The molecule has 1 saturated heterocycles. The van der Waals surface area contributed by atoms with Gasteiger partial charge in [-0.25, -0.2) is 0 Å². The molecule has 0 radical (unpaired) electrons. The Morgan fingerprint density at radius 2 is 1.63 bits per heavy atom. The van der Waals surface area contributed by atoms with E-state index < -0.39 is 0 Å². The summed E-state index contributed by atoms with van der Waals surface area (Å²) in [5.74, 6) is 0. The first-order valence-corrected chi connectivity index (χ1v) is 7.89. The molecule has 98 valence electrons. The summed E-state index contributed by atoms with van der Waals surface area (Å²) in [7, 11) is 0. The van der Waals surface area contributed by atoms with Gasteiger partial charge < -0.3 is 4.74 Å². The maximum Gasteiger partial charge on any atom is 0.130 e. The molecule has 2 atom stereocenters. The van der Waals surface area contributed by atoms with Gasteiger partial charge in [0.15, 0.2) is 0 Å². The SMILES string of the molecule is Cc1ccc([C@@]2(c3ccccc3)OCC[C@H]2I)cc1. The van der Waals surface area contributed by atoms with E-state index in [4.69, 9.17) is 4.74 Å². The smallest absolute Gasteiger partial charge is 0.130 e. The van der Waals surface area contributed by atoms with Crippen molar-refractivity contribution in [1.82, 2.24) is 0 Å². The monoisotopic (exact) mass is 364 g/mol. The first-order valence-electron chi connectivity index (χ1n) is 6.64. The van der Waals surface area contributed by atoms with Crippen molar-refractivity contribution in [1.29, 1.82) is 0 Å². The molecule has 0 unspecified atom stereocenters. The molecule has 2 aromatic rings. The molecule has 0 N–H and O–H groups in total. The first-order chi connectivity index (χ1) is 9.23. The summed E-state index contributed by atoms with van der Waals surface area (Å²) >= 11 is 2.54. The average Bonchev–Trinajstić information content (AvgIpc) is 2.83. The summed E-state index contributed by atoms with van der Waals surface area (Å²) < 4.78 is 6.73. The van der Waals surface area contributed by atoms with Crippen LogP contribution in [0, 0.1) is 6.92 Å². The van der Waals surface area contributed by atoms with E-state index in [-0.39, 0.29) is 5.60 Å². The zero-order valence-electron chi connectivity index (χ0n) is 11.0. The predicted octanol–water partition coefficient (Wildman–Crippen LogP) is 4.46. The van der Waals surface area contributed by atoms with E-state index in [1.165, 1.54) is 16.7 Å². The summed E-state index contributed by atoms with van der Waals surface area (Å²) in [6, 6.07) is 19.4. The van der Waals surface area contributed by atoms with Gasteiger partial charge in [0.1, 0.15) is 5.60 Å². The van der Waals surface area contributed by atoms with E-state index in [0.29, 0.717) is 3.92 Å². The lowest BCUT2D eigenvalue weighted by Crippen LogP contribution is -2.34. The predicted molar refractivity (Wildman–Crippen MR) is 86.8 cm³/mol. The number of hydrogen-bond acceptors (Lipinski definition) is 1. The quantitative estimate of drug-likeness (QED) is 0.565. The highest BCUT2D eigenvalue weighted by Gasteiger charge is 2.45. The van der Waals surface area contributed by atoms with Gasteiger partial charge in [-0.2, -0.15) is 0 Å². The van der Waals surface area contributed by atoms with E-state index in [2.05, 4.69) is 84.1 Å². The van der Waals surface area contributed by atoms with Crippen molar-refractivity contribution < 1.29 is 4.74 Å². The van der Waals surface area contributed by atoms with Crippen LogP contribution in [0.25, 0.3) is 0 Å².